The monoisotopic (exact) mass is 292 g/mol. The van der Waals surface area contributed by atoms with Crippen LogP contribution in [0.1, 0.15) is 24.8 Å². The summed E-state index contributed by atoms with van der Waals surface area (Å²) in [4.78, 5) is 0. The van der Waals surface area contributed by atoms with E-state index in [9.17, 15) is 0 Å². The van der Waals surface area contributed by atoms with Gasteiger partial charge in [-0.05, 0) is 37.1 Å². The van der Waals surface area contributed by atoms with E-state index in [0.717, 1.165) is 31.5 Å². The second-order valence-corrected chi connectivity index (χ2v) is 4.35. The summed E-state index contributed by atoms with van der Waals surface area (Å²) < 4.78 is 0. The van der Waals surface area contributed by atoms with E-state index >= 15 is 0 Å². The van der Waals surface area contributed by atoms with Crippen LogP contribution >= 0.6 is 35.6 Å². The van der Waals surface area contributed by atoms with Gasteiger partial charge in [0.05, 0.1) is 16.1 Å². The van der Waals surface area contributed by atoms with E-state index in [4.69, 9.17) is 28.5 Å². The largest absolute Gasteiger partial charge is 0.313 e. The molecule has 0 radical (unpaired) electrons. The van der Waals surface area contributed by atoms with E-state index in [-0.39, 0.29) is 12.4 Å². The van der Waals surface area contributed by atoms with Gasteiger partial charge in [0.15, 0.2) is 0 Å². The predicted molar refractivity (Wildman–Crippen MR) is 74.9 cm³/mol. The molecule has 0 aromatic heterocycles. The maximum absolute atomic E-state index is 8.36. The zero-order valence-electron chi connectivity index (χ0n) is 9.38. The Morgan fingerprint density at radius 2 is 1.94 bits per heavy atom. The fraction of sp³-hybridized carbons (Fsp3) is 0.417. The van der Waals surface area contributed by atoms with E-state index in [2.05, 4.69) is 11.4 Å². The molecule has 0 saturated heterocycles. The van der Waals surface area contributed by atoms with Crippen molar-refractivity contribution in [3.05, 3.63) is 33.8 Å². The molecule has 0 aliphatic rings. The number of halogens is 3. The van der Waals surface area contributed by atoms with E-state index in [1.807, 2.05) is 12.1 Å². The van der Waals surface area contributed by atoms with Gasteiger partial charge in [0.25, 0.3) is 0 Å². The average Bonchev–Trinajstić information content (AvgIpc) is 2.28. The first-order valence-electron chi connectivity index (χ1n) is 5.25. The average molecular weight is 294 g/mol. The van der Waals surface area contributed by atoms with Crippen LogP contribution < -0.4 is 5.32 Å². The Hall–Kier alpha value is -0.460. The minimum atomic E-state index is 0. The predicted octanol–water partition coefficient (Wildman–Crippen LogP) is 4.20. The highest BCUT2D eigenvalue weighted by molar-refractivity contribution is 6.42. The molecule has 1 rings (SSSR count). The quantitative estimate of drug-likeness (QED) is 0.798. The standard InChI is InChI=1S/C12H14Cl2N2.ClH/c13-11-5-4-10(8-12(11)14)9-16-7-3-1-2-6-15;/h4-5,8,16H,1-3,7,9H2;1H. The molecule has 0 bridgehead atoms. The molecule has 2 nitrogen and oxygen atoms in total. The molecular weight excluding hydrogens is 279 g/mol. The Labute approximate surface area is 118 Å². The van der Waals surface area contributed by atoms with E-state index in [0.29, 0.717) is 16.5 Å². The molecule has 1 aromatic carbocycles. The molecular formula is C12H15Cl3N2. The molecule has 5 heteroatoms. The van der Waals surface area contributed by atoms with Gasteiger partial charge in [-0.1, -0.05) is 29.3 Å². The van der Waals surface area contributed by atoms with Gasteiger partial charge >= 0.3 is 0 Å². The summed E-state index contributed by atoms with van der Waals surface area (Å²) >= 11 is 11.7. The highest BCUT2D eigenvalue weighted by Gasteiger charge is 1.98. The molecule has 0 atom stereocenters. The van der Waals surface area contributed by atoms with Crippen LogP contribution in [0, 0.1) is 11.3 Å². The van der Waals surface area contributed by atoms with Crippen LogP contribution in [0.5, 0.6) is 0 Å². The van der Waals surface area contributed by atoms with Crippen molar-refractivity contribution in [2.24, 2.45) is 0 Å². The van der Waals surface area contributed by atoms with Gasteiger partial charge in [-0.3, -0.25) is 0 Å². The second-order valence-electron chi connectivity index (χ2n) is 3.54. The summed E-state index contributed by atoms with van der Waals surface area (Å²) in [5.74, 6) is 0. The Balaban J connectivity index is 0.00000256. The molecule has 0 saturated carbocycles. The number of nitrogens with zero attached hydrogens (tertiary/aromatic N) is 1. The lowest BCUT2D eigenvalue weighted by Gasteiger charge is -2.05. The van der Waals surface area contributed by atoms with Crippen LogP contribution in [0.3, 0.4) is 0 Å². The van der Waals surface area contributed by atoms with Crippen molar-refractivity contribution in [2.75, 3.05) is 6.54 Å². The molecule has 17 heavy (non-hydrogen) atoms. The third-order valence-electron chi connectivity index (χ3n) is 2.21. The normalized spacial score (nSPS) is 9.47. The summed E-state index contributed by atoms with van der Waals surface area (Å²) in [7, 11) is 0. The molecule has 0 unspecified atom stereocenters. The van der Waals surface area contributed by atoms with Crippen molar-refractivity contribution >= 4 is 35.6 Å². The van der Waals surface area contributed by atoms with Gasteiger partial charge in [-0.25, -0.2) is 0 Å². The van der Waals surface area contributed by atoms with Crippen molar-refractivity contribution in [1.29, 1.82) is 5.26 Å². The smallest absolute Gasteiger partial charge is 0.0621 e. The third kappa shape index (κ3) is 6.75. The Kier molecular flexibility index (Phi) is 9.30. The molecule has 1 aromatic rings. The SMILES string of the molecule is Cl.N#CCCCCNCc1ccc(Cl)c(Cl)c1. The minimum absolute atomic E-state index is 0. The minimum Gasteiger partial charge on any atom is -0.313 e. The van der Waals surface area contributed by atoms with Gasteiger partial charge in [0.2, 0.25) is 0 Å². The number of rotatable bonds is 6. The molecule has 0 fully saturated rings. The number of nitriles is 1. The lowest BCUT2D eigenvalue weighted by Crippen LogP contribution is -2.14. The highest BCUT2D eigenvalue weighted by Crippen LogP contribution is 2.22. The first-order valence-corrected chi connectivity index (χ1v) is 6.01. The molecule has 0 heterocycles. The molecule has 1 N–H and O–H groups in total. The summed E-state index contributed by atoms with van der Waals surface area (Å²) in [5, 5.41) is 12.8. The molecule has 94 valence electrons. The van der Waals surface area contributed by atoms with Crippen LogP contribution in [0.4, 0.5) is 0 Å². The van der Waals surface area contributed by atoms with Crippen LogP contribution in [0.25, 0.3) is 0 Å². The van der Waals surface area contributed by atoms with Crippen LogP contribution in [-0.2, 0) is 6.54 Å². The summed E-state index contributed by atoms with van der Waals surface area (Å²) in [6, 6.07) is 7.75. The van der Waals surface area contributed by atoms with Crippen LogP contribution in [-0.4, -0.2) is 6.54 Å². The van der Waals surface area contributed by atoms with Gasteiger partial charge in [-0.2, -0.15) is 5.26 Å². The number of hydrogen-bond donors (Lipinski definition) is 1. The summed E-state index contributed by atoms with van der Waals surface area (Å²) in [6.45, 7) is 1.70. The number of unbranched alkanes of at least 4 members (excludes halogenated alkanes) is 2. The van der Waals surface area contributed by atoms with Crippen LogP contribution in [0.15, 0.2) is 18.2 Å². The van der Waals surface area contributed by atoms with Crippen molar-refractivity contribution in [3.8, 4) is 6.07 Å². The van der Waals surface area contributed by atoms with Crippen molar-refractivity contribution in [2.45, 2.75) is 25.8 Å². The van der Waals surface area contributed by atoms with E-state index < -0.39 is 0 Å². The lowest BCUT2D eigenvalue weighted by molar-refractivity contribution is 0.629. The number of benzene rings is 1. The van der Waals surface area contributed by atoms with Crippen molar-refractivity contribution in [1.82, 2.24) is 5.32 Å². The maximum Gasteiger partial charge on any atom is 0.0621 e. The summed E-state index contributed by atoms with van der Waals surface area (Å²) in [5.41, 5.74) is 1.12. The van der Waals surface area contributed by atoms with Crippen molar-refractivity contribution < 1.29 is 0 Å². The van der Waals surface area contributed by atoms with E-state index in [1.165, 1.54) is 0 Å². The summed E-state index contributed by atoms with van der Waals surface area (Å²) in [6.07, 6.45) is 2.61. The number of hydrogen-bond acceptors (Lipinski definition) is 2. The van der Waals surface area contributed by atoms with E-state index in [1.54, 1.807) is 6.07 Å². The topological polar surface area (TPSA) is 35.8 Å². The lowest BCUT2D eigenvalue weighted by atomic mass is 10.2. The van der Waals surface area contributed by atoms with Gasteiger partial charge in [0.1, 0.15) is 0 Å². The Morgan fingerprint density at radius 1 is 1.18 bits per heavy atom. The number of nitrogens with one attached hydrogen (secondary N) is 1. The Bertz CT molecular complexity index is 375. The first kappa shape index (κ1) is 16.5. The fourth-order valence-corrected chi connectivity index (χ4v) is 1.66. The third-order valence-corrected chi connectivity index (χ3v) is 2.94. The fourth-order valence-electron chi connectivity index (χ4n) is 1.34. The zero-order chi connectivity index (χ0) is 11.8. The van der Waals surface area contributed by atoms with Crippen LogP contribution in [0.2, 0.25) is 10.0 Å². The maximum atomic E-state index is 8.36. The molecule has 0 amide bonds. The molecule has 0 spiro atoms. The van der Waals surface area contributed by atoms with Gasteiger partial charge < -0.3 is 5.32 Å². The zero-order valence-corrected chi connectivity index (χ0v) is 11.7. The molecule has 0 aliphatic heterocycles. The highest BCUT2D eigenvalue weighted by atomic mass is 35.5. The van der Waals surface area contributed by atoms with Gasteiger partial charge in [0, 0.05) is 13.0 Å². The first-order chi connectivity index (χ1) is 7.74. The second kappa shape index (κ2) is 9.56. The Morgan fingerprint density at radius 3 is 2.59 bits per heavy atom. The molecule has 0 aliphatic carbocycles. The van der Waals surface area contributed by atoms with Crippen molar-refractivity contribution in [3.63, 3.8) is 0 Å². The van der Waals surface area contributed by atoms with Gasteiger partial charge in [-0.15, -0.1) is 12.4 Å².